The van der Waals surface area contributed by atoms with Crippen LogP contribution in [0.3, 0.4) is 0 Å². The van der Waals surface area contributed by atoms with Gasteiger partial charge in [0.1, 0.15) is 11.9 Å². The number of imidazole rings is 1. The van der Waals surface area contributed by atoms with Gasteiger partial charge in [-0.05, 0) is 61.2 Å². The number of benzene rings is 3. The van der Waals surface area contributed by atoms with Crippen molar-refractivity contribution in [2.24, 2.45) is 0 Å². The fraction of sp³-hybridized carbons (Fsp3) is 0.300. The first-order chi connectivity index (χ1) is 17.9. The Labute approximate surface area is 227 Å². The number of aromatic nitrogens is 2. The number of piperidine rings is 1. The van der Waals surface area contributed by atoms with Crippen molar-refractivity contribution in [1.29, 1.82) is 0 Å². The Hall–Kier alpha value is -2.67. The van der Waals surface area contributed by atoms with Crippen LogP contribution < -0.4 is 0 Å². The molecule has 37 heavy (non-hydrogen) atoms. The summed E-state index contributed by atoms with van der Waals surface area (Å²) in [5, 5.41) is 23.8. The molecule has 1 aromatic heterocycles. The number of hydrogen-bond donors (Lipinski definition) is 2. The standard InChI is InChI=1S/C30H31Cl2N3O2/c31-26-12-11-22(21-27(26)32)25(28(36)29-33-16-20-35(29)24-9-5-2-6-10-24)13-17-34-18-14-30(37,15-19-34)23-7-3-1-4-8-23/h1-12,16,20-21,25,28,36-37H,13-15,17-19H2/t25-,28+/m0/s1. The molecule has 2 atom stereocenters. The zero-order valence-electron chi connectivity index (χ0n) is 20.5. The van der Waals surface area contributed by atoms with Gasteiger partial charge in [-0.1, -0.05) is 77.8 Å². The highest BCUT2D eigenvalue weighted by Crippen LogP contribution is 2.38. The van der Waals surface area contributed by atoms with Gasteiger partial charge in [0.25, 0.3) is 0 Å². The Morgan fingerprint density at radius 3 is 2.24 bits per heavy atom. The van der Waals surface area contributed by atoms with Crippen molar-refractivity contribution in [3.63, 3.8) is 0 Å². The number of para-hydroxylation sites is 1. The van der Waals surface area contributed by atoms with Crippen molar-refractivity contribution in [3.8, 4) is 5.69 Å². The number of aliphatic hydroxyl groups excluding tert-OH is 1. The molecule has 0 unspecified atom stereocenters. The van der Waals surface area contributed by atoms with Crippen LogP contribution in [0.1, 0.15) is 48.2 Å². The molecule has 3 aromatic carbocycles. The summed E-state index contributed by atoms with van der Waals surface area (Å²) in [4.78, 5) is 6.89. The van der Waals surface area contributed by atoms with Gasteiger partial charge in [-0.15, -0.1) is 0 Å². The van der Waals surface area contributed by atoms with Crippen LogP contribution >= 0.6 is 23.2 Å². The van der Waals surface area contributed by atoms with Gasteiger partial charge in [-0.2, -0.15) is 0 Å². The average molecular weight is 537 g/mol. The number of hydrogen-bond acceptors (Lipinski definition) is 4. The normalized spacial score (nSPS) is 17.4. The van der Waals surface area contributed by atoms with Gasteiger partial charge in [-0.3, -0.25) is 0 Å². The van der Waals surface area contributed by atoms with E-state index < -0.39 is 11.7 Å². The van der Waals surface area contributed by atoms with Crippen molar-refractivity contribution in [3.05, 3.63) is 118 Å². The van der Waals surface area contributed by atoms with Crippen LogP contribution in [-0.2, 0) is 5.60 Å². The number of nitrogens with zero attached hydrogens (tertiary/aromatic N) is 3. The SMILES string of the molecule is O[C@@H](c1nccn1-c1ccccc1)[C@@H](CCN1CCC(O)(c2ccccc2)CC1)c1ccc(Cl)c(Cl)c1. The minimum atomic E-state index is -0.849. The Morgan fingerprint density at radius 2 is 1.57 bits per heavy atom. The first-order valence-corrected chi connectivity index (χ1v) is 13.4. The molecule has 5 rings (SSSR count). The van der Waals surface area contributed by atoms with Crippen LogP contribution in [0.15, 0.2) is 91.3 Å². The van der Waals surface area contributed by atoms with Gasteiger partial charge in [0.15, 0.2) is 0 Å². The second-order valence-electron chi connectivity index (χ2n) is 9.74. The zero-order valence-corrected chi connectivity index (χ0v) is 22.1. The lowest BCUT2D eigenvalue weighted by Gasteiger charge is -2.39. The third kappa shape index (κ3) is 5.77. The van der Waals surface area contributed by atoms with Crippen molar-refractivity contribution in [2.45, 2.75) is 36.9 Å². The van der Waals surface area contributed by atoms with E-state index in [1.54, 1.807) is 12.3 Å². The van der Waals surface area contributed by atoms with Crippen LogP contribution in [0.5, 0.6) is 0 Å². The molecule has 0 amide bonds. The fourth-order valence-corrected chi connectivity index (χ4v) is 5.58. The maximum atomic E-state index is 11.7. The number of aliphatic hydroxyl groups is 2. The van der Waals surface area contributed by atoms with Gasteiger partial charge >= 0.3 is 0 Å². The molecule has 0 spiro atoms. The van der Waals surface area contributed by atoms with E-state index in [1.807, 2.05) is 83.6 Å². The highest BCUT2D eigenvalue weighted by atomic mass is 35.5. The molecule has 5 nitrogen and oxygen atoms in total. The summed E-state index contributed by atoms with van der Waals surface area (Å²) in [5.74, 6) is 0.342. The molecular weight excluding hydrogens is 505 g/mol. The van der Waals surface area contributed by atoms with E-state index >= 15 is 0 Å². The second kappa shape index (κ2) is 11.4. The molecule has 2 N–H and O–H groups in total. The maximum Gasteiger partial charge on any atom is 0.142 e. The monoisotopic (exact) mass is 535 g/mol. The van der Waals surface area contributed by atoms with E-state index in [9.17, 15) is 10.2 Å². The van der Waals surface area contributed by atoms with Gasteiger partial charge in [0.05, 0.1) is 15.6 Å². The van der Waals surface area contributed by atoms with Gasteiger partial charge in [-0.25, -0.2) is 4.98 Å². The number of rotatable bonds is 8. The minimum Gasteiger partial charge on any atom is -0.385 e. The van der Waals surface area contributed by atoms with Crippen molar-refractivity contribution in [1.82, 2.24) is 14.5 Å². The largest absolute Gasteiger partial charge is 0.385 e. The molecule has 0 aliphatic carbocycles. The maximum absolute atomic E-state index is 11.7. The summed E-state index contributed by atoms with van der Waals surface area (Å²) < 4.78 is 1.93. The summed E-state index contributed by atoms with van der Waals surface area (Å²) in [7, 11) is 0. The quantitative estimate of drug-likeness (QED) is 0.275. The van der Waals surface area contributed by atoms with E-state index in [-0.39, 0.29) is 5.92 Å². The third-order valence-corrected chi connectivity index (χ3v) is 8.21. The molecule has 0 radical (unpaired) electrons. The van der Waals surface area contributed by atoms with Gasteiger partial charge in [0.2, 0.25) is 0 Å². The third-order valence-electron chi connectivity index (χ3n) is 7.47. The number of likely N-dealkylation sites (tertiary alicyclic amines) is 1. The summed E-state index contributed by atoms with van der Waals surface area (Å²) >= 11 is 12.6. The predicted molar refractivity (Wildman–Crippen MR) is 148 cm³/mol. The Bertz CT molecular complexity index is 1300. The van der Waals surface area contributed by atoms with Crippen LogP contribution in [0, 0.1) is 0 Å². The van der Waals surface area contributed by atoms with Crippen LogP contribution in [0.25, 0.3) is 5.69 Å². The molecule has 1 saturated heterocycles. The van der Waals surface area contributed by atoms with E-state index in [2.05, 4.69) is 9.88 Å². The summed E-state index contributed by atoms with van der Waals surface area (Å²) in [5.41, 5.74) is 2.05. The molecule has 192 valence electrons. The van der Waals surface area contributed by atoms with Crippen LogP contribution in [0.4, 0.5) is 0 Å². The number of halogens is 2. The lowest BCUT2D eigenvalue weighted by atomic mass is 9.84. The molecule has 0 saturated carbocycles. The van der Waals surface area contributed by atoms with Crippen LogP contribution in [-0.4, -0.2) is 44.3 Å². The lowest BCUT2D eigenvalue weighted by Crippen LogP contribution is -2.43. The van der Waals surface area contributed by atoms with Crippen molar-refractivity contribution < 1.29 is 10.2 Å². The Kier molecular flexibility index (Phi) is 7.98. The average Bonchev–Trinajstić information content (AvgIpc) is 3.43. The van der Waals surface area contributed by atoms with Crippen LogP contribution in [0.2, 0.25) is 10.0 Å². The predicted octanol–water partition coefficient (Wildman–Crippen LogP) is 6.37. The molecule has 4 aromatic rings. The molecule has 0 bridgehead atoms. The molecule has 2 heterocycles. The molecule has 1 aliphatic heterocycles. The van der Waals surface area contributed by atoms with Crippen molar-refractivity contribution in [2.75, 3.05) is 19.6 Å². The zero-order chi connectivity index (χ0) is 25.8. The topological polar surface area (TPSA) is 61.5 Å². The molecule has 1 aliphatic rings. The highest BCUT2D eigenvalue weighted by Gasteiger charge is 2.34. The Balaban J connectivity index is 1.34. The smallest absolute Gasteiger partial charge is 0.142 e. The first-order valence-electron chi connectivity index (χ1n) is 12.7. The fourth-order valence-electron chi connectivity index (χ4n) is 5.28. The van der Waals surface area contributed by atoms with E-state index in [0.717, 1.165) is 36.4 Å². The van der Waals surface area contributed by atoms with Crippen molar-refractivity contribution >= 4 is 23.2 Å². The van der Waals surface area contributed by atoms with E-state index in [1.165, 1.54) is 0 Å². The second-order valence-corrected chi connectivity index (χ2v) is 10.6. The summed E-state index contributed by atoms with van der Waals surface area (Å²) in [6.45, 7) is 2.35. The van der Waals surface area contributed by atoms with E-state index in [4.69, 9.17) is 23.2 Å². The van der Waals surface area contributed by atoms with Gasteiger partial charge in [0, 0.05) is 37.1 Å². The summed E-state index contributed by atoms with van der Waals surface area (Å²) in [6.07, 6.45) is 4.79. The van der Waals surface area contributed by atoms with E-state index in [0.29, 0.717) is 35.1 Å². The first kappa shape index (κ1) is 26.0. The minimum absolute atomic E-state index is 0.241. The molecule has 7 heteroatoms. The highest BCUT2D eigenvalue weighted by molar-refractivity contribution is 6.42. The summed E-state index contributed by atoms with van der Waals surface area (Å²) in [6, 6.07) is 25.4. The lowest BCUT2D eigenvalue weighted by molar-refractivity contribution is -0.0272. The Morgan fingerprint density at radius 1 is 0.892 bits per heavy atom. The molecular formula is C30H31Cl2N3O2. The van der Waals surface area contributed by atoms with Gasteiger partial charge < -0.3 is 19.7 Å². The molecule has 1 fully saturated rings.